The summed E-state index contributed by atoms with van der Waals surface area (Å²) in [5.41, 5.74) is 9.48. The van der Waals surface area contributed by atoms with Gasteiger partial charge in [0.1, 0.15) is 11.6 Å². The van der Waals surface area contributed by atoms with Crippen LogP contribution in [0.2, 0.25) is 0 Å². The number of halogens is 1. The van der Waals surface area contributed by atoms with Crippen LogP contribution in [-0.2, 0) is 11.2 Å². The monoisotopic (exact) mass is 434 g/mol. The van der Waals surface area contributed by atoms with E-state index in [9.17, 15) is 9.18 Å². The molecule has 1 atom stereocenters. The van der Waals surface area contributed by atoms with Crippen LogP contribution in [0.15, 0.2) is 54.7 Å². The molecule has 0 aliphatic carbocycles. The van der Waals surface area contributed by atoms with Gasteiger partial charge in [-0.2, -0.15) is 0 Å². The lowest BCUT2D eigenvalue weighted by Gasteiger charge is -2.33. The second kappa shape index (κ2) is 9.77. The molecule has 1 aliphatic heterocycles. The number of rotatable bonds is 6. The lowest BCUT2D eigenvalue weighted by atomic mass is 9.89. The maximum atomic E-state index is 13.4. The molecule has 1 amide bonds. The Morgan fingerprint density at radius 3 is 2.66 bits per heavy atom. The molecule has 0 saturated carbocycles. The van der Waals surface area contributed by atoms with Crippen molar-refractivity contribution in [2.75, 3.05) is 25.9 Å². The Hall–Kier alpha value is -3.48. The van der Waals surface area contributed by atoms with E-state index in [1.165, 1.54) is 12.1 Å². The summed E-state index contributed by atoms with van der Waals surface area (Å²) in [4.78, 5) is 23.5. The number of amides is 1. The zero-order valence-electron chi connectivity index (χ0n) is 18.1. The average molecular weight is 435 g/mol. The molecular weight excluding hydrogens is 407 g/mol. The summed E-state index contributed by atoms with van der Waals surface area (Å²) in [6, 6.07) is 14.1. The van der Waals surface area contributed by atoms with Gasteiger partial charge < -0.3 is 15.4 Å². The maximum absolute atomic E-state index is 13.4. The number of nitrogen functional groups attached to an aromatic ring is 1. The molecule has 1 aromatic heterocycles. The van der Waals surface area contributed by atoms with Crippen LogP contribution in [0.5, 0.6) is 5.75 Å². The number of ether oxygens (including phenoxy) is 1. The molecule has 0 radical (unpaired) electrons. The number of piperidine rings is 1. The van der Waals surface area contributed by atoms with E-state index < -0.39 is 0 Å². The first-order chi connectivity index (χ1) is 15.5. The van der Waals surface area contributed by atoms with Crippen LogP contribution < -0.4 is 10.5 Å². The summed E-state index contributed by atoms with van der Waals surface area (Å²) in [6.45, 7) is 1.33. The van der Waals surface area contributed by atoms with Crippen LogP contribution in [0.3, 0.4) is 0 Å². The third kappa shape index (κ3) is 5.04. The van der Waals surface area contributed by atoms with Gasteiger partial charge in [0.2, 0.25) is 11.9 Å². The predicted molar refractivity (Wildman–Crippen MR) is 122 cm³/mol. The highest BCUT2D eigenvalue weighted by Gasteiger charge is 2.28. The van der Waals surface area contributed by atoms with E-state index in [1.807, 2.05) is 29.2 Å². The number of carbonyl (C=O) groups is 1. The van der Waals surface area contributed by atoms with Gasteiger partial charge in [0.05, 0.1) is 12.8 Å². The van der Waals surface area contributed by atoms with Gasteiger partial charge >= 0.3 is 0 Å². The zero-order chi connectivity index (χ0) is 22.5. The second-order valence-electron chi connectivity index (χ2n) is 8.06. The van der Waals surface area contributed by atoms with Crippen LogP contribution >= 0.6 is 0 Å². The summed E-state index contributed by atoms with van der Waals surface area (Å²) in [5.74, 6) is 0.904. The fraction of sp³-hybridized carbons (Fsp3) is 0.320. The van der Waals surface area contributed by atoms with Gasteiger partial charge in [-0.1, -0.05) is 24.3 Å². The van der Waals surface area contributed by atoms with E-state index in [-0.39, 0.29) is 23.6 Å². The number of likely N-dealkylation sites (tertiary alicyclic amines) is 1. The number of aromatic nitrogens is 2. The third-order valence-electron chi connectivity index (χ3n) is 5.94. The normalized spacial score (nSPS) is 16.1. The summed E-state index contributed by atoms with van der Waals surface area (Å²) in [7, 11) is 1.64. The molecule has 7 heteroatoms. The Bertz CT molecular complexity index is 1070. The molecule has 0 spiro atoms. The van der Waals surface area contributed by atoms with Crippen LogP contribution in [0, 0.1) is 5.82 Å². The molecule has 2 aromatic carbocycles. The number of carbonyl (C=O) groups excluding carboxylic acids is 1. The Kier molecular flexibility index (Phi) is 6.63. The number of methoxy groups -OCH3 is 1. The predicted octanol–water partition coefficient (Wildman–Crippen LogP) is 4.21. The maximum Gasteiger partial charge on any atom is 0.222 e. The van der Waals surface area contributed by atoms with Crippen LogP contribution in [-0.4, -0.2) is 41.0 Å². The Morgan fingerprint density at radius 1 is 1.19 bits per heavy atom. The molecule has 0 bridgehead atoms. The highest BCUT2D eigenvalue weighted by molar-refractivity contribution is 5.77. The Balaban J connectivity index is 1.47. The van der Waals surface area contributed by atoms with E-state index in [4.69, 9.17) is 10.5 Å². The van der Waals surface area contributed by atoms with Gasteiger partial charge in [0, 0.05) is 37.2 Å². The van der Waals surface area contributed by atoms with Crippen molar-refractivity contribution >= 4 is 11.9 Å². The van der Waals surface area contributed by atoms with Crippen LogP contribution in [0.1, 0.15) is 36.4 Å². The van der Waals surface area contributed by atoms with Gasteiger partial charge in [-0.25, -0.2) is 14.4 Å². The van der Waals surface area contributed by atoms with E-state index in [0.29, 0.717) is 19.4 Å². The smallest absolute Gasteiger partial charge is 0.222 e. The van der Waals surface area contributed by atoms with E-state index in [2.05, 4.69) is 9.97 Å². The number of nitrogens with zero attached hydrogens (tertiary/aromatic N) is 3. The van der Waals surface area contributed by atoms with Gasteiger partial charge in [-0.3, -0.25) is 4.79 Å². The fourth-order valence-corrected chi connectivity index (χ4v) is 4.20. The lowest BCUT2D eigenvalue weighted by Crippen LogP contribution is -2.39. The number of benzene rings is 2. The SMILES string of the molecule is COc1ccc(CCC(=O)N2CCC[C@@H](c3nc(N)ncc3-c3ccc(F)cc3)C2)cc1. The van der Waals surface area contributed by atoms with Crippen molar-refractivity contribution in [2.24, 2.45) is 0 Å². The summed E-state index contributed by atoms with van der Waals surface area (Å²) in [6.07, 6.45) is 4.63. The molecular formula is C25H27FN4O2. The van der Waals surface area contributed by atoms with Crippen LogP contribution in [0.25, 0.3) is 11.1 Å². The van der Waals surface area contributed by atoms with Crippen molar-refractivity contribution in [3.05, 3.63) is 71.8 Å². The molecule has 32 heavy (non-hydrogen) atoms. The van der Waals surface area contributed by atoms with Crippen molar-refractivity contribution in [3.63, 3.8) is 0 Å². The molecule has 1 saturated heterocycles. The molecule has 1 aliphatic rings. The standard InChI is InChI=1S/C25H27FN4O2/c1-32-21-11-4-17(5-12-21)6-13-23(31)30-14-2-3-19(16-30)24-22(15-28-25(27)29-24)18-7-9-20(26)10-8-18/h4-5,7-12,15,19H,2-3,6,13-14,16H2,1H3,(H2,27,28,29)/t19-/m1/s1. The van der Waals surface area contributed by atoms with Crippen molar-refractivity contribution in [3.8, 4) is 16.9 Å². The first-order valence-corrected chi connectivity index (χ1v) is 10.8. The van der Waals surface area contributed by atoms with Crippen molar-refractivity contribution in [1.29, 1.82) is 0 Å². The average Bonchev–Trinajstić information content (AvgIpc) is 2.83. The molecule has 6 nitrogen and oxygen atoms in total. The molecule has 2 heterocycles. The number of aryl methyl sites for hydroxylation is 1. The summed E-state index contributed by atoms with van der Waals surface area (Å²) in [5, 5.41) is 0. The van der Waals surface area contributed by atoms with Crippen LogP contribution in [0.4, 0.5) is 10.3 Å². The second-order valence-corrected chi connectivity index (χ2v) is 8.06. The minimum atomic E-state index is -0.294. The quantitative estimate of drug-likeness (QED) is 0.628. The Labute approximate surface area is 187 Å². The Morgan fingerprint density at radius 2 is 1.94 bits per heavy atom. The zero-order valence-corrected chi connectivity index (χ0v) is 18.1. The molecule has 166 valence electrons. The number of hydrogen-bond acceptors (Lipinski definition) is 5. The minimum absolute atomic E-state index is 0.0547. The molecule has 3 aromatic rings. The largest absolute Gasteiger partial charge is 0.497 e. The van der Waals surface area contributed by atoms with E-state index >= 15 is 0 Å². The van der Waals surface area contributed by atoms with E-state index in [0.717, 1.165) is 47.5 Å². The fourth-order valence-electron chi connectivity index (χ4n) is 4.20. The van der Waals surface area contributed by atoms with Gasteiger partial charge in [-0.15, -0.1) is 0 Å². The van der Waals surface area contributed by atoms with Gasteiger partial charge in [0.25, 0.3) is 0 Å². The number of nitrogens with two attached hydrogens (primary N) is 1. The summed E-state index contributed by atoms with van der Waals surface area (Å²) >= 11 is 0. The molecule has 2 N–H and O–H groups in total. The number of anilines is 1. The summed E-state index contributed by atoms with van der Waals surface area (Å²) < 4.78 is 18.6. The van der Waals surface area contributed by atoms with Crippen molar-refractivity contribution in [1.82, 2.24) is 14.9 Å². The molecule has 4 rings (SSSR count). The highest BCUT2D eigenvalue weighted by Crippen LogP contribution is 2.33. The topological polar surface area (TPSA) is 81.3 Å². The van der Waals surface area contributed by atoms with Gasteiger partial charge in [0.15, 0.2) is 0 Å². The lowest BCUT2D eigenvalue weighted by molar-refractivity contribution is -0.132. The van der Waals surface area contributed by atoms with Crippen molar-refractivity contribution < 1.29 is 13.9 Å². The number of hydrogen-bond donors (Lipinski definition) is 1. The van der Waals surface area contributed by atoms with Gasteiger partial charge in [-0.05, 0) is 54.7 Å². The molecule has 0 unspecified atom stereocenters. The first kappa shape index (κ1) is 21.7. The highest BCUT2D eigenvalue weighted by atomic mass is 19.1. The third-order valence-corrected chi connectivity index (χ3v) is 5.94. The van der Waals surface area contributed by atoms with E-state index in [1.54, 1.807) is 25.4 Å². The van der Waals surface area contributed by atoms with Crippen molar-refractivity contribution in [2.45, 2.75) is 31.6 Å². The minimum Gasteiger partial charge on any atom is -0.497 e. The first-order valence-electron chi connectivity index (χ1n) is 10.8. The molecule has 1 fully saturated rings.